The van der Waals surface area contributed by atoms with Gasteiger partial charge in [0.1, 0.15) is 6.61 Å². The molecule has 0 aromatic heterocycles. The van der Waals surface area contributed by atoms with E-state index in [1.54, 1.807) is 18.2 Å². The van der Waals surface area contributed by atoms with Gasteiger partial charge in [-0.1, -0.05) is 72.0 Å². The fourth-order valence-electron chi connectivity index (χ4n) is 3.75. The lowest BCUT2D eigenvalue weighted by molar-refractivity contribution is 0.112. The van der Waals surface area contributed by atoms with Gasteiger partial charge in [0, 0.05) is 30.0 Å². The van der Waals surface area contributed by atoms with Gasteiger partial charge in [-0.05, 0) is 40.5 Å². The fourth-order valence-corrected chi connectivity index (χ4v) is 3.91. The summed E-state index contributed by atoms with van der Waals surface area (Å²) in [5.74, 6) is 5.97. The first-order valence-corrected chi connectivity index (χ1v) is 10.4. The molecule has 5 heteroatoms. The van der Waals surface area contributed by atoms with Crippen LogP contribution in [-0.2, 0) is 4.74 Å². The van der Waals surface area contributed by atoms with Crippen LogP contribution in [-0.4, -0.2) is 25.5 Å². The Labute approximate surface area is 186 Å². The fraction of sp³-hybridized carbons (Fsp3) is 0.154. The molecule has 1 aliphatic carbocycles. The van der Waals surface area contributed by atoms with Crippen molar-refractivity contribution in [2.45, 2.75) is 12.3 Å². The molecule has 0 saturated carbocycles. The average molecular weight is 430 g/mol. The maximum atomic E-state index is 12.1. The van der Waals surface area contributed by atoms with Gasteiger partial charge in [0.2, 0.25) is 0 Å². The molecule has 0 heterocycles. The molecule has 3 aromatic carbocycles. The molecule has 1 aliphatic rings. The second-order valence-electron chi connectivity index (χ2n) is 7.16. The summed E-state index contributed by atoms with van der Waals surface area (Å²) < 4.78 is 5.50. The molecule has 3 aromatic rings. The molecule has 1 N–H and O–H groups in total. The number of carbonyl (C=O) groups excluding carboxylic acids is 2. The molecule has 0 spiro atoms. The first kappa shape index (κ1) is 20.7. The smallest absolute Gasteiger partial charge is 0.407 e. The largest absolute Gasteiger partial charge is 0.449 e. The molecule has 0 aliphatic heterocycles. The summed E-state index contributed by atoms with van der Waals surface area (Å²) in [7, 11) is 0. The molecule has 154 valence electrons. The SMILES string of the molecule is O=Cc1cc(C#CCCNC(=O)OCC2c3ccccc3-c3ccccc32)ccc1Cl. The highest BCUT2D eigenvalue weighted by Crippen LogP contribution is 2.44. The molecule has 4 nitrogen and oxygen atoms in total. The molecule has 0 radical (unpaired) electrons. The summed E-state index contributed by atoms with van der Waals surface area (Å²) in [6.45, 7) is 0.655. The Balaban J connectivity index is 1.29. The Hall–Kier alpha value is -3.55. The first-order valence-electron chi connectivity index (χ1n) is 10.00. The van der Waals surface area contributed by atoms with Gasteiger partial charge in [-0.2, -0.15) is 0 Å². The van der Waals surface area contributed by atoms with E-state index in [0.29, 0.717) is 35.4 Å². The number of alkyl carbamates (subject to hydrolysis) is 1. The van der Waals surface area contributed by atoms with Crippen LogP contribution in [0.25, 0.3) is 11.1 Å². The maximum Gasteiger partial charge on any atom is 0.407 e. The number of aldehydes is 1. The lowest BCUT2D eigenvalue weighted by atomic mass is 9.98. The van der Waals surface area contributed by atoms with Crippen molar-refractivity contribution < 1.29 is 14.3 Å². The Morgan fingerprint density at radius 1 is 1.03 bits per heavy atom. The van der Waals surface area contributed by atoms with Crippen molar-refractivity contribution in [2.75, 3.05) is 13.2 Å². The van der Waals surface area contributed by atoms with Gasteiger partial charge in [-0.25, -0.2) is 4.79 Å². The van der Waals surface area contributed by atoms with Crippen LogP contribution in [0.2, 0.25) is 5.02 Å². The third-order valence-electron chi connectivity index (χ3n) is 5.22. The Kier molecular flexibility index (Phi) is 6.35. The van der Waals surface area contributed by atoms with Crippen LogP contribution in [0, 0.1) is 11.8 Å². The van der Waals surface area contributed by atoms with Crippen LogP contribution in [0.4, 0.5) is 4.79 Å². The minimum Gasteiger partial charge on any atom is -0.449 e. The average Bonchev–Trinajstić information content (AvgIpc) is 3.12. The summed E-state index contributed by atoms with van der Waals surface area (Å²) in [4.78, 5) is 23.1. The van der Waals surface area contributed by atoms with Crippen molar-refractivity contribution in [3.8, 4) is 23.0 Å². The number of halogens is 1. The van der Waals surface area contributed by atoms with E-state index in [9.17, 15) is 9.59 Å². The molecule has 0 saturated heterocycles. The van der Waals surface area contributed by atoms with Gasteiger partial charge in [0.15, 0.2) is 6.29 Å². The number of carbonyl (C=O) groups is 2. The van der Waals surface area contributed by atoms with E-state index >= 15 is 0 Å². The molecule has 1 amide bonds. The number of hydrogen-bond acceptors (Lipinski definition) is 3. The zero-order valence-corrected chi connectivity index (χ0v) is 17.5. The quantitative estimate of drug-likeness (QED) is 0.334. The Morgan fingerprint density at radius 2 is 1.71 bits per heavy atom. The van der Waals surface area contributed by atoms with Crippen molar-refractivity contribution in [1.29, 1.82) is 0 Å². The van der Waals surface area contributed by atoms with Gasteiger partial charge in [-0.3, -0.25) is 4.79 Å². The molecule has 31 heavy (non-hydrogen) atoms. The number of benzene rings is 3. The molecule has 0 unspecified atom stereocenters. The van der Waals surface area contributed by atoms with Crippen LogP contribution in [0.15, 0.2) is 66.7 Å². The van der Waals surface area contributed by atoms with Crippen LogP contribution in [0.1, 0.15) is 39.4 Å². The van der Waals surface area contributed by atoms with Crippen molar-refractivity contribution in [2.24, 2.45) is 0 Å². The van der Waals surface area contributed by atoms with Gasteiger partial charge >= 0.3 is 6.09 Å². The van der Waals surface area contributed by atoms with Crippen molar-refractivity contribution in [1.82, 2.24) is 5.32 Å². The monoisotopic (exact) mass is 429 g/mol. The third kappa shape index (κ3) is 4.63. The maximum absolute atomic E-state index is 12.1. The minimum absolute atomic E-state index is 0.0369. The number of amides is 1. The van der Waals surface area contributed by atoms with Crippen molar-refractivity contribution >= 4 is 24.0 Å². The van der Waals surface area contributed by atoms with E-state index in [-0.39, 0.29) is 12.5 Å². The number of ether oxygens (including phenoxy) is 1. The zero-order chi connectivity index (χ0) is 21.6. The van der Waals surface area contributed by atoms with Gasteiger partial charge in [-0.15, -0.1) is 0 Å². The van der Waals surface area contributed by atoms with Crippen LogP contribution >= 0.6 is 11.6 Å². The standard InChI is InChI=1S/C26H20ClNO3/c27-25-13-12-18(15-19(25)16-29)7-5-6-14-28-26(30)31-17-24-22-10-3-1-8-20(22)21-9-2-4-11-23(21)24/h1-4,8-13,15-16,24H,6,14,17H2,(H,28,30). The normalized spacial score (nSPS) is 11.6. The van der Waals surface area contributed by atoms with Crippen molar-refractivity contribution in [3.05, 3.63) is 94.0 Å². The molecule has 4 rings (SSSR count). The molecular weight excluding hydrogens is 410 g/mol. The first-order chi connectivity index (χ1) is 15.2. The summed E-state index contributed by atoms with van der Waals surface area (Å²) in [5.41, 5.74) is 5.86. The second kappa shape index (κ2) is 9.51. The van der Waals surface area contributed by atoms with Crippen molar-refractivity contribution in [3.63, 3.8) is 0 Å². The highest BCUT2D eigenvalue weighted by molar-refractivity contribution is 6.32. The number of nitrogens with one attached hydrogen (secondary N) is 1. The van der Waals surface area contributed by atoms with Crippen LogP contribution in [0.3, 0.4) is 0 Å². The van der Waals surface area contributed by atoms with Gasteiger partial charge < -0.3 is 10.1 Å². The summed E-state index contributed by atoms with van der Waals surface area (Å²) in [6.07, 6.45) is 0.702. The molecule has 0 bridgehead atoms. The van der Waals surface area contributed by atoms with E-state index in [0.717, 1.165) is 0 Å². The number of hydrogen-bond donors (Lipinski definition) is 1. The predicted molar refractivity (Wildman–Crippen MR) is 121 cm³/mol. The topological polar surface area (TPSA) is 55.4 Å². The van der Waals surface area contributed by atoms with E-state index in [2.05, 4.69) is 41.4 Å². The van der Waals surface area contributed by atoms with Crippen LogP contribution in [0.5, 0.6) is 0 Å². The zero-order valence-electron chi connectivity index (χ0n) is 16.7. The molecule has 0 fully saturated rings. The highest BCUT2D eigenvalue weighted by atomic mass is 35.5. The minimum atomic E-state index is -0.460. The van der Waals surface area contributed by atoms with Crippen LogP contribution < -0.4 is 5.32 Å². The molecule has 0 atom stereocenters. The van der Waals surface area contributed by atoms with Gasteiger partial charge in [0.25, 0.3) is 0 Å². The Morgan fingerprint density at radius 3 is 2.39 bits per heavy atom. The highest BCUT2D eigenvalue weighted by Gasteiger charge is 2.28. The summed E-state index contributed by atoms with van der Waals surface area (Å²) in [5, 5.41) is 3.13. The summed E-state index contributed by atoms with van der Waals surface area (Å²) >= 11 is 5.91. The molecular formula is C26H20ClNO3. The lowest BCUT2D eigenvalue weighted by Gasteiger charge is -2.14. The number of fused-ring (bicyclic) bond motifs is 3. The predicted octanol–water partition coefficient (Wildman–Crippen LogP) is 5.43. The summed E-state index contributed by atoms with van der Waals surface area (Å²) in [6, 6.07) is 21.5. The second-order valence-corrected chi connectivity index (χ2v) is 7.57. The third-order valence-corrected chi connectivity index (χ3v) is 5.56. The Bertz CT molecular complexity index is 1150. The van der Waals surface area contributed by atoms with E-state index < -0.39 is 6.09 Å². The number of rotatable bonds is 5. The van der Waals surface area contributed by atoms with Gasteiger partial charge in [0.05, 0.1) is 5.02 Å². The van der Waals surface area contributed by atoms with E-state index in [1.165, 1.54) is 22.3 Å². The van der Waals surface area contributed by atoms with E-state index in [1.807, 2.05) is 24.3 Å². The lowest BCUT2D eigenvalue weighted by Crippen LogP contribution is -2.26. The van der Waals surface area contributed by atoms with E-state index in [4.69, 9.17) is 16.3 Å².